The van der Waals surface area contributed by atoms with Crippen molar-refractivity contribution in [2.75, 3.05) is 19.6 Å². The number of aliphatic hydroxyl groups excluding tert-OH is 1. The first-order valence-electron chi connectivity index (χ1n) is 8.95. The molecule has 1 aliphatic carbocycles. The van der Waals surface area contributed by atoms with E-state index in [0.717, 1.165) is 11.6 Å². The normalized spacial score (nSPS) is 23.0. The molecule has 122 valence electrons. The number of nitrogens with one attached hydrogen (secondary N) is 1. The van der Waals surface area contributed by atoms with Crippen molar-refractivity contribution in [3.05, 3.63) is 35.4 Å². The van der Waals surface area contributed by atoms with Crippen LogP contribution >= 0.6 is 0 Å². The van der Waals surface area contributed by atoms with Crippen LogP contribution in [-0.4, -0.2) is 41.7 Å². The molecule has 1 atom stereocenters. The van der Waals surface area contributed by atoms with Gasteiger partial charge in [-0.15, -0.1) is 0 Å². The topological polar surface area (TPSA) is 35.5 Å². The van der Waals surface area contributed by atoms with E-state index in [1.54, 1.807) is 0 Å². The highest BCUT2D eigenvalue weighted by atomic mass is 16.3. The van der Waals surface area contributed by atoms with E-state index in [1.165, 1.54) is 57.2 Å². The van der Waals surface area contributed by atoms with E-state index < -0.39 is 6.10 Å². The lowest BCUT2D eigenvalue weighted by Crippen LogP contribution is -2.46. The molecule has 3 rings (SSSR count). The maximum atomic E-state index is 10.4. The molecule has 3 nitrogen and oxygen atoms in total. The molecule has 2 fully saturated rings. The Morgan fingerprint density at radius 2 is 1.82 bits per heavy atom. The summed E-state index contributed by atoms with van der Waals surface area (Å²) in [5.74, 6) is 0. The molecule has 0 spiro atoms. The molecule has 1 saturated carbocycles. The van der Waals surface area contributed by atoms with Crippen LogP contribution in [0.2, 0.25) is 0 Å². The lowest BCUT2D eigenvalue weighted by molar-refractivity contribution is 0.129. The van der Waals surface area contributed by atoms with Crippen LogP contribution in [0.1, 0.15) is 55.8 Å². The van der Waals surface area contributed by atoms with Gasteiger partial charge in [0.1, 0.15) is 0 Å². The first-order chi connectivity index (χ1) is 10.7. The van der Waals surface area contributed by atoms with Crippen LogP contribution in [-0.2, 0) is 0 Å². The number of aryl methyl sites for hydroxylation is 1. The number of likely N-dealkylation sites (tertiary alicyclic amines) is 1. The monoisotopic (exact) mass is 302 g/mol. The van der Waals surface area contributed by atoms with E-state index in [9.17, 15) is 5.11 Å². The van der Waals surface area contributed by atoms with Crippen LogP contribution in [0.3, 0.4) is 0 Å². The number of hydrogen-bond acceptors (Lipinski definition) is 3. The van der Waals surface area contributed by atoms with Gasteiger partial charge in [-0.1, -0.05) is 37.1 Å². The van der Waals surface area contributed by atoms with Crippen molar-refractivity contribution in [3.63, 3.8) is 0 Å². The smallest absolute Gasteiger partial charge is 0.0917 e. The first kappa shape index (κ1) is 16.0. The maximum Gasteiger partial charge on any atom is 0.0917 e. The maximum absolute atomic E-state index is 10.4. The molecular formula is C19H30N2O. The van der Waals surface area contributed by atoms with Crippen LogP contribution in [0.15, 0.2) is 24.3 Å². The summed E-state index contributed by atoms with van der Waals surface area (Å²) in [4.78, 5) is 2.70. The number of nitrogens with zero attached hydrogens (tertiary/aromatic N) is 1. The zero-order valence-electron chi connectivity index (χ0n) is 13.8. The number of benzene rings is 1. The third kappa shape index (κ3) is 3.89. The van der Waals surface area contributed by atoms with Gasteiger partial charge in [0, 0.05) is 18.6 Å². The molecule has 22 heavy (non-hydrogen) atoms. The van der Waals surface area contributed by atoms with Gasteiger partial charge in [0.15, 0.2) is 0 Å². The minimum Gasteiger partial charge on any atom is -0.387 e. The van der Waals surface area contributed by atoms with Crippen molar-refractivity contribution in [2.45, 2.75) is 63.6 Å². The fraction of sp³-hybridized carbons (Fsp3) is 0.684. The van der Waals surface area contributed by atoms with Crippen LogP contribution in [0.4, 0.5) is 0 Å². The van der Waals surface area contributed by atoms with Gasteiger partial charge in [-0.3, -0.25) is 0 Å². The van der Waals surface area contributed by atoms with Gasteiger partial charge in [0.25, 0.3) is 0 Å². The highest BCUT2D eigenvalue weighted by Crippen LogP contribution is 2.26. The van der Waals surface area contributed by atoms with Crippen molar-refractivity contribution in [1.82, 2.24) is 10.2 Å². The molecule has 0 aromatic heterocycles. The quantitative estimate of drug-likeness (QED) is 0.877. The summed E-state index contributed by atoms with van der Waals surface area (Å²) in [5.41, 5.74) is 2.23. The average molecular weight is 302 g/mol. The van der Waals surface area contributed by atoms with Crippen LogP contribution in [0.5, 0.6) is 0 Å². The van der Waals surface area contributed by atoms with Gasteiger partial charge in [-0.05, 0) is 56.8 Å². The van der Waals surface area contributed by atoms with E-state index in [4.69, 9.17) is 0 Å². The second-order valence-corrected chi connectivity index (χ2v) is 7.03. The molecule has 0 bridgehead atoms. The van der Waals surface area contributed by atoms with E-state index in [0.29, 0.717) is 12.6 Å². The third-order valence-electron chi connectivity index (χ3n) is 5.52. The van der Waals surface area contributed by atoms with E-state index in [2.05, 4.69) is 23.2 Å². The fourth-order valence-electron chi connectivity index (χ4n) is 4.09. The molecule has 1 unspecified atom stereocenters. The van der Waals surface area contributed by atoms with Crippen molar-refractivity contribution < 1.29 is 5.11 Å². The van der Waals surface area contributed by atoms with Crippen molar-refractivity contribution in [3.8, 4) is 0 Å². The molecule has 0 amide bonds. The molecule has 2 N–H and O–H groups in total. The Labute approximate surface area is 134 Å². The Bertz CT molecular complexity index is 462. The number of piperidine rings is 1. The second-order valence-electron chi connectivity index (χ2n) is 7.03. The standard InChI is InChI=1S/C19H30N2O/c1-15-6-2-5-9-18(15)19(22)14-20-16-10-12-21(13-11-16)17-7-3-4-8-17/h2,5-6,9,16-17,19-20,22H,3-4,7-8,10-14H2,1H3. The molecular weight excluding hydrogens is 272 g/mol. The molecule has 2 aliphatic rings. The lowest BCUT2D eigenvalue weighted by atomic mass is 10.0. The van der Waals surface area contributed by atoms with Gasteiger partial charge >= 0.3 is 0 Å². The van der Waals surface area contributed by atoms with E-state index in [1.807, 2.05) is 18.2 Å². The van der Waals surface area contributed by atoms with E-state index in [-0.39, 0.29) is 0 Å². The lowest BCUT2D eigenvalue weighted by Gasteiger charge is -2.36. The molecule has 0 radical (unpaired) electrons. The minimum atomic E-state index is -0.394. The largest absolute Gasteiger partial charge is 0.387 e. The van der Waals surface area contributed by atoms with Gasteiger partial charge < -0.3 is 15.3 Å². The minimum absolute atomic E-state index is 0.394. The zero-order chi connectivity index (χ0) is 15.4. The summed E-state index contributed by atoms with van der Waals surface area (Å²) in [6, 6.07) is 9.56. The Morgan fingerprint density at radius 3 is 2.50 bits per heavy atom. The molecule has 1 heterocycles. The van der Waals surface area contributed by atoms with Crippen LogP contribution in [0.25, 0.3) is 0 Å². The van der Waals surface area contributed by atoms with Crippen LogP contribution < -0.4 is 5.32 Å². The molecule has 3 heteroatoms. The zero-order valence-corrected chi connectivity index (χ0v) is 13.8. The summed E-state index contributed by atoms with van der Waals surface area (Å²) in [6.45, 7) is 5.18. The predicted octanol–water partition coefficient (Wildman–Crippen LogP) is 3.03. The van der Waals surface area contributed by atoms with Crippen molar-refractivity contribution in [2.24, 2.45) is 0 Å². The van der Waals surface area contributed by atoms with E-state index >= 15 is 0 Å². The average Bonchev–Trinajstić information content (AvgIpc) is 3.08. The van der Waals surface area contributed by atoms with Crippen molar-refractivity contribution in [1.29, 1.82) is 0 Å². The number of rotatable bonds is 5. The van der Waals surface area contributed by atoms with Crippen molar-refractivity contribution >= 4 is 0 Å². The summed E-state index contributed by atoms with van der Waals surface area (Å²) in [6.07, 6.45) is 7.70. The Morgan fingerprint density at radius 1 is 1.14 bits per heavy atom. The molecule has 1 aromatic carbocycles. The Hall–Kier alpha value is -0.900. The number of hydrogen-bond donors (Lipinski definition) is 2. The predicted molar refractivity (Wildman–Crippen MR) is 91.0 cm³/mol. The highest BCUT2D eigenvalue weighted by Gasteiger charge is 2.27. The number of aliphatic hydroxyl groups is 1. The van der Waals surface area contributed by atoms with Gasteiger partial charge in [0.2, 0.25) is 0 Å². The fourth-order valence-corrected chi connectivity index (χ4v) is 4.09. The molecule has 1 saturated heterocycles. The van der Waals surface area contributed by atoms with Gasteiger partial charge in [0.05, 0.1) is 6.10 Å². The summed E-state index contributed by atoms with van der Waals surface area (Å²) in [5, 5.41) is 14.0. The first-order valence-corrected chi connectivity index (χ1v) is 8.95. The van der Waals surface area contributed by atoms with Crippen LogP contribution in [0, 0.1) is 6.92 Å². The third-order valence-corrected chi connectivity index (χ3v) is 5.52. The summed E-state index contributed by atoms with van der Waals surface area (Å²) < 4.78 is 0. The SMILES string of the molecule is Cc1ccccc1C(O)CNC1CCN(C2CCCC2)CC1. The summed E-state index contributed by atoms with van der Waals surface area (Å²) >= 11 is 0. The molecule has 1 aliphatic heterocycles. The Kier molecular flexibility index (Phi) is 5.51. The van der Waals surface area contributed by atoms with Gasteiger partial charge in [-0.25, -0.2) is 0 Å². The Balaban J connectivity index is 1.42. The summed E-state index contributed by atoms with van der Waals surface area (Å²) in [7, 11) is 0. The molecule has 1 aromatic rings. The van der Waals surface area contributed by atoms with Gasteiger partial charge in [-0.2, -0.15) is 0 Å². The highest BCUT2D eigenvalue weighted by molar-refractivity contribution is 5.27. The second kappa shape index (κ2) is 7.58.